The smallest absolute Gasteiger partial charge is 0.216 e. The topological polar surface area (TPSA) is 21.6 Å². The maximum atomic E-state index is 5.78. The molecule has 20 heavy (non-hydrogen) atoms. The van der Waals surface area contributed by atoms with Crippen molar-refractivity contribution in [2.75, 3.05) is 6.61 Å². The Morgan fingerprint density at radius 3 is 2.45 bits per heavy atom. The van der Waals surface area contributed by atoms with Crippen molar-refractivity contribution >= 4 is 51.1 Å². The van der Waals surface area contributed by atoms with Crippen LogP contribution in [0, 0.1) is 7.14 Å². The summed E-state index contributed by atoms with van der Waals surface area (Å²) in [5, 5.41) is 0. The Kier molecular flexibility index (Phi) is 4.60. The number of halogens is 2. The molecule has 2 aromatic rings. The summed E-state index contributed by atoms with van der Waals surface area (Å²) in [6.07, 6.45) is 0.936. The number of hydrogen-bond acceptors (Lipinski definition) is 2. The summed E-state index contributed by atoms with van der Waals surface area (Å²) in [5.41, 5.74) is 2.39. The highest BCUT2D eigenvalue weighted by Gasteiger charge is 2.20. The predicted octanol–water partition coefficient (Wildman–Crippen LogP) is 4.28. The zero-order chi connectivity index (χ0) is 13.9. The molecule has 0 radical (unpaired) electrons. The molecule has 0 saturated heterocycles. The van der Waals surface area contributed by atoms with Crippen LogP contribution in [0.3, 0.4) is 0 Å². The minimum atomic E-state index is 0.225. The van der Waals surface area contributed by atoms with E-state index < -0.39 is 0 Å². The molecular weight excluding hydrogens is 476 g/mol. The van der Waals surface area contributed by atoms with E-state index in [1.165, 1.54) is 12.7 Å². The zero-order valence-corrected chi connectivity index (χ0v) is 15.0. The van der Waals surface area contributed by atoms with Gasteiger partial charge in [-0.25, -0.2) is 4.99 Å². The molecule has 1 atom stereocenters. The summed E-state index contributed by atoms with van der Waals surface area (Å²) < 4.78 is 8.20. The van der Waals surface area contributed by atoms with Gasteiger partial charge in [-0.2, -0.15) is 0 Å². The van der Waals surface area contributed by atoms with Crippen molar-refractivity contribution in [3.63, 3.8) is 0 Å². The van der Waals surface area contributed by atoms with E-state index in [9.17, 15) is 0 Å². The molecule has 0 N–H and O–H groups in total. The van der Waals surface area contributed by atoms with E-state index in [-0.39, 0.29) is 6.04 Å². The Balaban J connectivity index is 1.77. The van der Waals surface area contributed by atoms with Gasteiger partial charge in [0.25, 0.3) is 0 Å². The zero-order valence-electron chi connectivity index (χ0n) is 10.7. The molecule has 0 fully saturated rings. The maximum absolute atomic E-state index is 5.78. The molecule has 1 heterocycles. The average Bonchev–Trinajstić information content (AvgIpc) is 2.87. The van der Waals surface area contributed by atoms with Crippen molar-refractivity contribution in [3.05, 3.63) is 66.8 Å². The molecule has 1 aliphatic rings. The van der Waals surface area contributed by atoms with Crippen LogP contribution in [0.25, 0.3) is 0 Å². The Labute approximate surface area is 145 Å². The second-order valence-electron chi connectivity index (χ2n) is 4.75. The van der Waals surface area contributed by atoms with Crippen LogP contribution in [0.1, 0.15) is 11.1 Å². The van der Waals surface area contributed by atoms with Crippen LogP contribution in [0.2, 0.25) is 0 Å². The third kappa shape index (κ3) is 3.52. The van der Waals surface area contributed by atoms with Gasteiger partial charge in [-0.1, -0.05) is 30.3 Å². The molecule has 102 valence electrons. The van der Waals surface area contributed by atoms with E-state index >= 15 is 0 Å². The summed E-state index contributed by atoms with van der Waals surface area (Å²) in [5.74, 6) is 0.780. The first-order valence-electron chi connectivity index (χ1n) is 6.42. The quantitative estimate of drug-likeness (QED) is 0.591. The van der Waals surface area contributed by atoms with Gasteiger partial charge in [0.15, 0.2) is 0 Å². The van der Waals surface area contributed by atoms with Crippen LogP contribution in [0.15, 0.2) is 53.5 Å². The van der Waals surface area contributed by atoms with Gasteiger partial charge in [0.2, 0.25) is 5.90 Å². The molecule has 3 rings (SSSR count). The van der Waals surface area contributed by atoms with Crippen molar-refractivity contribution in [2.24, 2.45) is 4.99 Å². The van der Waals surface area contributed by atoms with E-state index in [1.54, 1.807) is 0 Å². The number of rotatable bonds is 3. The summed E-state index contributed by atoms with van der Waals surface area (Å²) in [7, 11) is 0. The van der Waals surface area contributed by atoms with Crippen LogP contribution < -0.4 is 0 Å². The molecule has 0 bridgehead atoms. The lowest BCUT2D eigenvalue weighted by atomic mass is 10.1. The van der Waals surface area contributed by atoms with Crippen LogP contribution in [0.4, 0.5) is 0 Å². The molecule has 0 aromatic heterocycles. The van der Waals surface area contributed by atoms with Gasteiger partial charge in [0.05, 0.1) is 6.04 Å². The largest absolute Gasteiger partial charge is 0.475 e. The summed E-state index contributed by atoms with van der Waals surface area (Å²) >= 11 is 4.65. The molecule has 0 aliphatic carbocycles. The highest BCUT2D eigenvalue weighted by molar-refractivity contribution is 14.1. The molecule has 0 spiro atoms. The molecular formula is C16H13I2NO. The standard InChI is InChI=1S/C16H13I2NO/c17-13-7-12(8-14(18)9-13)16-19-15(10-20-16)6-11-4-2-1-3-5-11/h1-5,7-9,15H,6,10H2/t15-/m0/s1. The first-order chi connectivity index (χ1) is 9.70. The molecule has 1 aliphatic heterocycles. The molecule has 2 aromatic carbocycles. The summed E-state index contributed by atoms with van der Waals surface area (Å²) in [4.78, 5) is 4.72. The fourth-order valence-corrected chi connectivity index (χ4v) is 4.18. The van der Waals surface area contributed by atoms with Crippen molar-refractivity contribution in [1.29, 1.82) is 0 Å². The minimum Gasteiger partial charge on any atom is -0.475 e. The Morgan fingerprint density at radius 2 is 1.75 bits per heavy atom. The Hall–Kier alpha value is -0.630. The van der Waals surface area contributed by atoms with Crippen LogP contribution in [0.5, 0.6) is 0 Å². The molecule has 4 heteroatoms. The van der Waals surface area contributed by atoms with Gasteiger partial charge >= 0.3 is 0 Å². The number of hydrogen-bond donors (Lipinski definition) is 0. The average molecular weight is 489 g/mol. The molecule has 2 nitrogen and oxygen atoms in total. The van der Waals surface area contributed by atoms with Gasteiger partial charge < -0.3 is 4.74 Å². The van der Waals surface area contributed by atoms with Crippen molar-refractivity contribution in [1.82, 2.24) is 0 Å². The first kappa shape index (κ1) is 14.3. The molecule has 0 saturated carbocycles. The van der Waals surface area contributed by atoms with Crippen molar-refractivity contribution in [2.45, 2.75) is 12.5 Å². The van der Waals surface area contributed by atoms with E-state index in [0.29, 0.717) is 6.61 Å². The van der Waals surface area contributed by atoms with Crippen LogP contribution in [-0.4, -0.2) is 18.5 Å². The lowest BCUT2D eigenvalue weighted by Gasteiger charge is -2.04. The van der Waals surface area contributed by atoms with Crippen molar-refractivity contribution < 1.29 is 4.74 Å². The second kappa shape index (κ2) is 6.43. The first-order valence-corrected chi connectivity index (χ1v) is 8.57. The lowest BCUT2D eigenvalue weighted by molar-refractivity contribution is 0.317. The third-order valence-electron chi connectivity index (χ3n) is 3.14. The maximum Gasteiger partial charge on any atom is 0.216 e. The van der Waals surface area contributed by atoms with Gasteiger partial charge in [0, 0.05) is 12.7 Å². The van der Waals surface area contributed by atoms with Gasteiger partial charge in [-0.15, -0.1) is 0 Å². The van der Waals surface area contributed by atoms with E-state index in [2.05, 4.69) is 87.6 Å². The molecule has 0 amide bonds. The Morgan fingerprint density at radius 1 is 1.05 bits per heavy atom. The monoisotopic (exact) mass is 489 g/mol. The fraction of sp³-hybridized carbons (Fsp3) is 0.188. The number of nitrogens with zero attached hydrogens (tertiary/aromatic N) is 1. The van der Waals surface area contributed by atoms with E-state index in [1.807, 2.05) is 6.07 Å². The van der Waals surface area contributed by atoms with Gasteiger partial charge in [-0.3, -0.25) is 0 Å². The SMILES string of the molecule is Ic1cc(I)cc(C2=N[C@@H](Cc3ccccc3)CO2)c1. The normalized spacial score (nSPS) is 17.7. The van der Waals surface area contributed by atoms with Gasteiger partial charge in [0.1, 0.15) is 6.61 Å². The predicted molar refractivity (Wildman–Crippen MR) is 98.3 cm³/mol. The van der Waals surface area contributed by atoms with Gasteiger partial charge in [-0.05, 0) is 75.4 Å². The Bertz CT molecular complexity index is 620. The summed E-state index contributed by atoms with van der Waals surface area (Å²) in [6, 6.07) is 17.1. The highest BCUT2D eigenvalue weighted by atomic mass is 127. The second-order valence-corrected chi connectivity index (χ2v) is 7.24. The minimum absolute atomic E-state index is 0.225. The van der Waals surface area contributed by atoms with E-state index in [4.69, 9.17) is 9.73 Å². The highest BCUT2D eigenvalue weighted by Crippen LogP contribution is 2.20. The molecule has 0 unspecified atom stereocenters. The fourth-order valence-electron chi connectivity index (χ4n) is 2.24. The van der Waals surface area contributed by atoms with Crippen LogP contribution in [-0.2, 0) is 11.2 Å². The summed E-state index contributed by atoms with van der Waals surface area (Å²) in [6.45, 7) is 0.673. The third-order valence-corrected chi connectivity index (χ3v) is 4.38. The number of aliphatic imine (C=N–C) groups is 1. The van der Waals surface area contributed by atoms with Crippen molar-refractivity contribution in [3.8, 4) is 0 Å². The number of ether oxygens (including phenoxy) is 1. The van der Waals surface area contributed by atoms with Crippen LogP contribution >= 0.6 is 45.2 Å². The van der Waals surface area contributed by atoms with E-state index in [0.717, 1.165) is 17.9 Å². The lowest BCUT2D eigenvalue weighted by Crippen LogP contribution is -2.09. The number of benzene rings is 2.